The Morgan fingerprint density at radius 2 is 1.86 bits per heavy atom. The van der Waals surface area contributed by atoms with Crippen LogP contribution in [0.15, 0.2) is 48.7 Å². The fourth-order valence-corrected chi connectivity index (χ4v) is 5.49. The summed E-state index contributed by atoms with van der Waals surface area (Å²) in [4.78, 5) is 44.2. The number of esters is 1. The number of benzene rings is 2. The number of hydrogen-bond donors (Lipinski definition) is 2. The summed E-state index contributed by atoms with van der Waals surface area (Å²) in [6.45, 7) is 6.60. The Kier molecular flexibility index (Phi) is 7.84. The quantitative estimate of drug-likeness (QED) is 0.418. The second kappa shape index (κ2) is 11.8. The van der Waals surface area contributed by atoms with Gasteiger partial charge in [0, 0.05) is 57.4 Å². The van der Waals surface area contributed by atoms with Crippen LogP contribution in [0, 0.1) is 12.8 Å². The molecule has 3 amide bonds. The first-order valence-electron chi connectivity index (χ1n) is 14.6. The van der Waals surface area contributed by atoms with Gasteiger partial charge in [-0.15, -0.1) is 0 Å². The number of ether oxygens (including phenoxy) is 1. The molecule has 3 aromatic rings. The van der Waals surface area contributed by atoms with E-state index in [-0.39, 0.29) is 23.8 Å². The maximum Gasteiger partial charge on any atom is 0.317 e. The lowest BCUT2D eigenvalue weighted by Crippen LogP contribution is -2.52. The van der Waals surface area contributed by atoms with Gasteiger partial charge in [-0.05, 0) is 55.2 Å². The molecule has 220 valence electrons. The van der Waals surface area contributed by atoms with Gasteiger partial charge in [-0.25, -0.2) is 4.79 Å². The van der Waals surface area contributed by atoms with Crippen molar-refractivity contribution < 1.29 is 19.1 Å². The third-order valence-electron chi connectivity index (χ3n) is 8.28. The molecule has 3 aliphatic rings. The second-order valence-electron chi connectivity index (χ2n) is 11.2. The van der Waals surface area contributed by atoms with Crippen LogP contribution in [0.5, 0.6) is 0 Å². The molecule has 0 bridgehead atoms. The van der Waals surface area contributed by atoms with Crippen molar-refractivity contribution in [2.45, 2.75) is 32.9 Å². The molecule has 0 radical (unpaired) electrons. The molecule has 11 nitrogen and oxygen atoms in total. The van der Waals surface area contributed by atoms with E-state index in [4.69, 9.17) is 4.74 Å². The first kappa shape index (κ1) is 27.8. The Morgan fingerprint density at radius 3 is 2.62 bits per heavy atom. The monoisotopic (exact) mass is 571 g/mol. The van der Waals surface area contributed by atoms with Gasteiger partial charge in [-0.1, -0.05) is 18.2 Å². The number of para-hydroxylation sites is 2. The molecule has 42 heavy (non-hydrogen) atoms. The molecule has 1 aromatic heterocycles. The predicted octanol–water partition coefficient (Wildman–Crippen LogP) is 3.41. The van der Waals surface area contributed by atoms with Crippen molar-refractivity contribution in [3.63, 3.8) is 0 Å². The topological polar surface area (TPSA) is 112 Å². The zero-order valence-electron chi connectivity index (χ0n) is 24.1. The van der Waals surface area contributed by atoms with Crippen molar-refractivity contribution in [1.29, 1.82) is 0 Å². The number of carbonyl (C=O) groups is 3. The highest BCUT2D eigenvalue weighted by atomic mass is 16.5. The predicted molar refractivity (Wildman–Crippen MR) is 159 cm³/mol. The number of nitrogens with one attached hydrogen (secondary N) is 2. The van der Waals surface area contributed by atoms with Crippen LogP contribution in [0.25, 0.3) is 0 Å². The first-order valence-corrected chi connectivity index (χ1v) is 14.6. The zero-order chi connectivity index (χ0) is 29.2. The number of rotatable bonds is 7. The largest absolute Gasteiger partial charge is 0.464 e. The number of nitrogens with zero attached hydrogens (tertiary/aromatic N) is 5. The van der Waals surface area contributed by atoms with Gasteiger partial charge < -0.3 is 25.2 Å². The van der Waals surface area contributed by atoms with Crippen molar-refractivity contribution in [3.8, 4) is 0 Å². The SMILES string of the molecule is Cc1cc(C(=O)N2Cc3cnn(C)c3Nc3ccccc32)ccc1CNC(=O)N1CCN(CCOC(=O)C2CC2)CC1. The number of anilines is 3. The highest BCUT2D eigenvalue weighted by molar-refractivity contribution is 6.08. The zero-order valence-corrected chi connectivity index (χ0v) is 24.1. The van der Waals surface area contributed by atoms with Crippen molar-refractivity contribution in [2.75, 3.05) is 49.5 Å². The third kappa shape index (κ3) is 5.96. The Bertz CT molecular complexity index is 1490. The average Bonchev–Trinajstić information content (AvgIpc) is 3.82. The number of aromatic nitrogens is 2. The number of aryl methyl sites for hydroxylation is 2. The van der Waals surface area contributed by atoms with Gasteiger partial charge >= 0.3 is 12.0 Å². The van der Waals surface area contributed by atoms with Crippen LogP contribution in [0.2, 0.25) is 0 Å². The van der Waals surface area contributed by atoms with Crippen molar-refractivity contribution >= 4 is 35.1 Å². The number of hydrogen-bond acceptors (Lipinski definition) is 7. The molecule has 0 spiro atoms. The summed E-state index contributed by atoms with van der Waals surface area (Å²) < 4.78 is 7.11. The van der Waals surface area contributed by atoms with Gasteiger partial charge in [0.25, 0.3) is 5.91 Å². The van der Waals surface area contributed by atoms with E-state index in [1.165, 1.54) is 0 Å². The molecule has 6 rings (SSSR count). The minimum Gasteiger partial charge on any atom is -0.464 e. The van der Waals surface area contributed by atoms with Gasteiger partial charge in [-0.3, -0.25) is 19.2 Å². The van der Waals surface area contributed by atoms with E-state index >= 15 is 0 Å². The van der Waals surface area contributed by atoms with E-state index in [0.29, 0.717) is 44.9 Å². The number of fused-ring (bicyclic) bond motifs is 2. The minimum atomic E-state index is -0.102. The molecule has 0 atom stereocenters. The molecule has 2 fully saturated rings. The van der Waals surface area contributed by atoms with E-state index in [9.17, 15) is 14.4 Å². The van der Waals surface area contributed by atoms with Crippen molar-refractivity contribution in [3.05, 3.63) is 70.9 Å². The second-order valence-corrected chi connectivity index (χ2v) is 11.2. The number of urea groups is 1. The van der Waals surface area contributed by atoms with Gasteiger partial charge in [0.2, 0.25) is 0 Å². The Balaban J connectivity index is 1.03. The summed E-state index contributed by atoms with van der Waals surface area (Å²) in [5.74, 6) is 0.820. The Hall–Kier alpha value is -4.38. The highest BCUT2D eigenvalue weighted by Crippen LogP contribution is 2.36. The summed E-state index contributed by atoms with van der Waals surface area (Å²) in [5.41, 5.74) is 5.09. The summed E-state index contributed by atoms with van der Waals surface area (Å²) in [6.07, 6.45) is 3.69. The average molecular weight is 572 g/mol. The van der Waals surface area contributed by atoms with Gasteiger partial charge in [0.05, 0.1) is 30.0 Å². The van der Waals surface area contributed by atoms with Crippen LogP contribution in [0.4, 0.5) is 22.0 Å². The Labute approximate surface area is 245 Å². The lowest BCUT2D eigenvalue weighted by Gasteiger charge is -2.34. The maximum absolute atomic E-state index is 13.8. The number of carbonyl (C=O) groups excluding carboxylic acids is 3. The number of amides is 3. The van der Waals surface area contributed by atoms with E-state index in [1.807, 2.05) is 61.3 Å². The van der Waals surface area contributed by atoms with Crippen LogP contribution in [-0.4, -0.2) is 76.8 Å². The highest BCUT2D eigenvalue weighted by Gasteiger charge is 2.31. The minimum absolute atomic E-state index is 0.0754. The van der Waals surface area contributed by atoms with Crippen LogP contribution in [0.3, 0.4) is 0 Å². The summed E-state index contributed by atoms with van der Waals surface area (Å²) in [7, 11) is 1.88. The van der Waals surface area contributed by atoms with Crippen LogP contribution >= 0.6 is 0 Å². The standard InChI is InChI=1S/C31H37N7O4/c1-21-17-23(29(39)38-20-25-19-33-35(2)28(25)34-26-5-3-4-6-27(26)38)9-10-24(21)18-32-31(41)37-13-11-36(12-14-37)15-16-42-30(40)22-7-8-22/h3-6,9-10,17,19,22,34H,7-8,11-16,18,20H2,1-2H3,(H,32,41). The number of piperazine rings is 1. The lowest BCUT2D eigenvalue weighted by molar-refractivity contribution is -0.145. The van der Waals surface area contributed by atoms with E-state index in [0.717, 1.165) is 59.8 Å². The first-order chi connectivity index (χ1) is 20.4. The molecular formula is C31H37N7O4. The third-order valence-corrected chi connectivity index (χ3v) is 8.28. The summed E-state index contributed by atoms with van der Waals surface area (Å²) in [5, 5.41) is 10.8. The molecule has 2 aromatic carbocycles. The van der Waals surface area contributed by atoms with Gasteiger partial charge in [0.15, 0.2) is 0 Å². The van der Waals surface area contributed by atoms with E-state index in [1.54, 1.807) is 15.8 Å². The Morgan fingerprint density at radius 1 is 1.07 bits per heavy atom. The molecule has 11 heteroatoms. The van der Waals surface area contributed by atoms with Crippen molar-refractivity contribution in [1.82, 2.24) is 24.9 Å². The lowest BCUT2D eigenvalue weighted by atomic mass is 10.0. The van der Waals surface area contributed by atoms with E-state index in [2.05, 4.69) is 20.6 Å². The van der Waals surface area contributed by atoms with Gasteiger partial charge in [0.1, 0.15) is 12.4 Å². The molecule has 1 aliphatic carbocycles. The molecule has 1 saturated heterocycles. The fraction of sp³-hybridized carbons (Fsp3) is 0.419. The molecule has 0 unspecified atom stereocenters. The normalized spacial score (nSPS) is 16.6. The molecular weight excluding hydrogens is 534 g/mol. The van der Waals surface area contributed by atoms with Crippen molar-refractivity contribution in [2.24, 2.45) is 13.0 Å². The van der Waals surface area contributed by atoms with E-state index < -0.39 is 0 Å². The van der Waals surface area contributed by atoms with Crippen LogP contribution in [0.1, 0.15) is 39.9 Å². The van der Waals surface area contributed by atoms with Crippen LogP contribution < -0.4 is 15.5 Å². The fourth-order valence-electron chi connectivity index (χ4n) is 5.49. The maximum atomic E-state index is 13.8. The van der Waals surface area contributed by atoms with Gasteiger partial charge in [-0.2, -0.15) is 5.10 Å². The molecule has 3 heterocycles. The summed E-state index contributed by atoms with van der Waals surface area (Å²) in [6, 6.07) is 13.3. The summed E-state index contributed by atoms with van der Waals surface area (Å²) >= 11 is 0. The smallest absolute Gasteiger partial charge is 0.317 e. The van der Waals surface area contributed by atoms with Crippen LogP contribution in [-0.2, 0) is 29.7 Å². The molecule has 2 aliphatic heterocycles. The molecule has 1 saturated carbocycles. The molecule has 2 N–H and O–H groups in total.